The Morgan fingerprint density at radius 2 is 2.18 bits per heavy atom. The third-order valence-electron chi connectivity index (χ3n) is 2.52. The van der Waals surface area contributed by atoms with Crippen molar-refractivity contribution in [3.63, 3.8) is 0 Å². The molecular weight excluding hydrogens is 261 g/mol. The third kappa shape index (κ3) is 4.86. The summed E-state index contributed by atoms with van der Waals surface area (Å²) in [6.45, 7) is 6.97. The predicted molar refractivity (Wildman–Crippen MR) is 70.2 cm³/mol. The van der Waals surface area contributed by atoms with Crippen LogP contribution in [0, 0.1) is 0 Å². The normalized spacial score (nSPS) is 22.9. The number of ether oxygens (including phenoxy) is 1. The van der Waals surface area contributed by atoms with Crippen molar-refractivity contribution in [2.75, 3.05) is 13.1 Å². The second-order valence-electron chi connectivity index (χ2n) is 5.22. The van der Waals surface area contributed by atoms with Crippen molar-refractivity contribution in [2.45, 2.75) is 45.3 Å². The van der Waals surface area contributed by atoms with E-state index in [4.69, 9.17) is 27.9 Å². The van der Waals surface area contributed by atoms with E-state index in [2.05, 4.69) is 0 Å². The number of esters is 1. The number of likely N-dealkylation sites (tertiary alicyclic amines) is 1. The Balaban J connectivity index is 2.60. The molecule has 0 aliphatic carbocycles. The number of hydrogen-bond donors (Lipinski definition) is 0. The third-order valence-corrected chi connectivity index (χ3v) is 3.12. The van der Waals surface area contributed by atoms with Gasteiger partial charge in [-0.1, -0.05) is 23.2 Å². The minimum absolute atomic E-state index is 0.172. The number of carbonyl (C=O) groups excluding carboxylic acids is 1. The largest absolute Gasteiger partial charge is 0.459 e. The zero-order valence-electron chi connectivity index (χ0n) is 10.5. The standard InChI is InChI=1S/C12H19Cl2NO2/c1-12(2,3)17-11(16)10-5-4-6-15(10)8-9(14)7-13/h7,10H,4-6,8H2,1-3H3/t10-/m0/s1. The second-order valence-corrected chi connectivity index (χ2v) is 5.92. The molecule has 1 aliphatic rings. The van der Waals surface area contributed by atoms with Crippen molar-refractivity contribution in [3.8, 4) is 0 Å². The molecule has 0 aromatic rings. The average molecular weight is 280 g/mol. The molecule has 17 heavy (non-hydrogen) atoms. The van der Waals surface area contributed by atoms with E-state index in [1.807, 2.05) is 25.7 Å². The molecule has 1 saturated heterocycles. The van der Waals surface area contributed by atoms with Gasteiger partial charge >= 0.3 is 5.97 Å². The van der Waals surface area contributed by atoms with Gasteiger partial charge in [-0.15, -0.1) is 0 Å². The Hall–Kier alpha value is -0.250. The summed E-state index contributed by atoms with van der Waals surface area (Å²) in [5, 5.41) is 0.544. The SMILES string of the molecule is CC(C)(C)OC(=O)[C@@H]1CCCN1CC(Cl)=CCl. The zero-order chi connectivity index (χ0) is 13.1. The molecule has 0 saturated carbocycles. The highest BCUT2D eigenvalue weighted by molar-refractivity contribution is 6.36. The molecule has 1 rings (SSSR count). The average Bonchev–Trinajstić information content (AvgIpc) is 2.63. The molecule has 0 bridgehead atoms. The smallest absolute Gasteiger partial charge is 0.323 e. The van der Waals surface area contributed by atoms with Gasteiger partial charge in [-0.25, -0.2) is 0 Å². The monoisotopic (exact) mass is 279 g/mol. The Labute approximate surface area is 113 Å². The molecule has 0 radical (unpaired) electrons. The summed E-state index contributed by atoms with van der Waals surface area (Å²) in [7, 11) is 0. The summed E-state index contributed by atoms with van der Waals surface area (Å²) in [4.78, 5) is 14.0. The lowest BCUT2D eigenvalue weighted by Crippen LogP contribution is -2.40. The summed E-state index contributed by atoms with van der Waals surface area (Å²) >= 11 is 11.4. The highest BCUT2D eigenvalue weighted by Gasteiger charge is 2.34. The van der Waals surface area contributed by atoms with Gasteiger partial charge in [0.2, 0.25) is 0 Å². The fourth-order valence-corrected chi connectivity index (χ4v) is 2.10. The fraction of sp³-hybridized carbons (Fsp3) is 0.750. The number of carbonyl (C=O) groups is 1. The molecule has 0 amide bonds. The van der Waals surface area contributed by atoms with Crippen LogP contribution < -0.4 is 0 Å². The van der Waals surface area contributed by atoms with Gasteiger partial charge < -0.3 is 4.74 Å². The quantitative estimate of drug-likeness (QED) is 0.744. The first-order chi connectivity index (χ1) is 7.83. The summed E-state index contributed by atoms with van der Waals surface area (Å²) in [6.07, 6.45) is 1.80. The highest BCUT2D eigenvalue weighted by atomic mass is 35.5. The van der Waals surface area contributed by atoms with Crippen molar-refractivity contribution in [1.82, 2.24) is 4.90 Å². The maximum absolute atomic E-state index is 12.0. The number of nitrogens with zero attached hydrogens (tertiary/aromatic N) is 1. The van der Waals surface area contributed by atoms with Gasteiger partial charge in [-0.3, -0.25) is 9.69 Å². The molecule has 0 aromatic heterocycles. The van der Waals surface area contributed by atoms with Crippen LogP contribution in [-0.4, -0.2) is 35.6 Å². The molecule has 1 heterocycles. The molecule has 1 aliphatic heterocycles. The van der Waals surface area contributed by atoms with Gasteiger partial charge in [0.05, 0.1) is 0 Å². The van der Waals surface area contributed by atoms with Crippen LogP contribution in [0.1, 0.15) is 33.6 Å². The van der Waals surface area contributed by atoms with E-state index in [0.717, 1.165) is 19.4 Å². The zero-order valence-corrected chi connectivity index (χ0v) is 12.0. The predicted octanol–water partition coefficient (Wildman–Crippen LogP) is 3.11. The van der Waals surface area contributed by atoms with Crippen molar-refractivity contribution >= 4 is 29.2 Å². The van der Waals surface area contributed by atoms with Gasteiger partial charge in [0.15, 0.2) is 0 Å². The first-order valence-electron chi connectivity index (χ1n) is 5.75. The summed E-state index contributed by atoms with van der Waals surface area (Å²) in [5.41, 5.74) is 0.892. The molecule has 0 aromatic carbocycles. The molecule has 5 heteroatoms. The topological polar surface area (TPSA) is 29.5 Å². The van der Waals surface area contributed by atoms with Gasteiger partial charge in [-0.05, 0) is 40.2 Å². The van der Waals surface area contributed by atoms with E-state index in [1.165, 1.54) is 5.54 Å². The Morgan fingerprint density at radius 3 is 2.71 bits per heavy atom. The Morgan fingerprint density at radius 1 is 1.53 bits per heavy atom. The van der Waals surface area contributed by atoms with E-state index in [1.54, 1.807) is 0 Å². The van der Waals surface area contributed by atoms with E-state index >= 15 is 0 Å². The van der Waals surface area contributed by atoms with Crippen LogP contribution in [0.5, 0.6) is 0 Å². The summed E-state index contributed by atoms with van der Waals surface area (Å²) in [5.74, 6) is -0.172. The minimum Gasteiger partial charge on any atom is -0.459 e. The molecular formula is C12H19Cl2NO2. The van der Waals surface area contributed by atoms with Crippen LogP contribution in [0.4, 0.5) is 0 Å². The number of rotatable bonds is 3. The van der Waals surface area contributed by atoms with Crippen molar-refractivity contribution in [1.29, 1.82) is 0 Å². The molecule has 0 unspecified atom stereocenters. The van der Waals surface area contributed by atoms with Gasteiger partial charge in [0.25, 0.3) is 0 Å². The van der Waals surface area contributed by atoms with Gasteiger partial charge in [0, 0.05) is 17.1 Å². The van der Waals surface area contributed by atoms with Crippen LogP contribution in [0.15, 0.2) is 10.6 Å². The van der Waals surface area contributed by atoms with Crippen LogP contribution in [0.2, 0.25) is 0 Å². The molecule has 0 spiro atoms. The molecule has 98 valence electrons. The van der Waals surface area contributed by atoms with Crippen LogP contribution in [0.3, 0.4) is 0 Å². The maximum atomic E-state index is 12.0. The number of hydrogen-bond acceptors (Lipinski definition) is 3. The van der Waals surface area contributed by atoms with Gasteiger partial charge in [0.1, 0.15) is 11.6 Å². The van der Waals surface area contributed by atoms with Crippen molar-refractivity contribution in [2.24, 2.45) is 0 Å². The van der Waals surface area contributed by atoms with Crippen LogP contribution in [0.25, 0.3) is 0 Å². The van der Waals surface area contributed by atoms with Crippen molar-refractivity contribution in [3.05, 3.63) is 10.6 Å². The van der Waals surface area contributed by atoms with E-state index in [9.17, 15) is 4.79 Å². The van der Waals surface area contributed by atoms with E-state index < -0.39 is 5.60 Å². The lowest BCUT2D eigenvalue weighted by atomic mass is 10.1. The summed E-state index contributed by atoms with van der Waals surface area (Å²) < 4.78 is 5.39. The number of halogens is 2. The first-order valence-corrected chi connectivity index (χ1v) is 6.56. The van der Waals surface area contributed by atoms with E-state index in [-0.39, 0.29) is 12.0 Å². The van der Waals surface area contributed by atoms with Crippen LogP contribution >= 0.6 is 23.2 Å². The molecule has 1 fully saturated rings. The molecule has 0 N–H and O–H groups in total. The lowest BCUT2D eigenvalue weighted by Gasteiger charge is -2.27. The Bertz CT molecular complexity index is 310. The molecule has 3 nitrogen and oxygen atoms in total. The maximum Gasteiger partial charge on any atom is 0.323 e. The van der Waals surface area contributed by atoms with Crippen LogP contribution in [-0.2, 0) is 9.53 Å². The van der Waals surface area contributed by atoms with E-state index in [0.29, 0.717) is 11.6 Å². The minimum atomic E-state index is -0.447. The van der Waals surface area contributed by atoms with Gasteiger partial charge in [-0.2, -0.15) is 0 Å². The second kappa shape index (κ2) is 6.07. The highest BCUT2D eigenvalue weighted by Crippen LogP contribution is 2.22. The van der Waals surface area contributed by atoms with Crippen molar-refractivity contribution < 1.29 is 9.53 Å². The Kier molecular flexibility index (Phi) is 5.29. The summed E-state index contributed by atoms with van der Waals surface area (Å²) in [6, 6.07) is -0.195. The first kappa shape index (κ1) is 14.8. The lowest BCUT2D eigenvalue weighted by molar-refractivity contribution is -0.160. The molecule has 1 atom stereocenters. The fourth-order valence-electron chi connectivity index (χ4n) is 1.88.